The van der Waals surface area contributed by atoms with Crippen molar-refractivity contribution in [3.8, 4) is 5.75 Å². The molecule has 0 saturated carbocycles. The maximum atomic E-state index is 5.15. The molecule has 0 spiro atoms. The van der Waals surface area contributed by atoms with Crippen LogP contribution in [0.4, 0.5) is 0 Å². The highest BCUT2D eigenvalue weighted by Crippen LogP contribution is 2.50. The first kappa shape index (κ1) is 11.7. The molecule has 0 amide bonds. The molecular formula is C13H14OS2. The van der Waals surface area contributed by atoms with Crippen molar-refractivity contribution in [2.24, 2.45) is 0 Å². The molecule has 0 aliphatic carbocycles. The summed E-state index contributed by atoms with van der Waals surface area (Å²) in [6.45, 7) is 4.30. The summed E-state index contributed by atoms with van der Waals surface area (Å²) in [6.07, 6.45) is 2.26. The highest BCUT2D eigenvalue weighted by Gasteiger charge is 2.13. The molecule has 0 fully saturated rings. The molecule has 84 valence electrons. The predicted molar refractivity (Wildman–Crippen MR) is 74.5 cm³/mol. The van der Waals surface area contributed by atoms with Crippen LogP contribution in [0.5, 0.6) is 5.75 Å². The van der Waals surface area contributed by atoms with Gasteiger partial charge in [-0.3, -0.25) is 0 Å². The third kappa shape index (κ3) is 2.47. The lowest BCUT2D eigenvalue weighted by Crippen LogP contribution is -1.82. The van der Waals surface area contributed by atoms with Crippen molar-refractivity contribution >= 4 is 26.5 Å². The minimum Gasteiger partial charge on any atom is -0.497 e. The van der Waals surface area contributed by atoms with Gasteiger partial charge in [0.15, 0.2) is 0 Å². The van der Waals surface area contributed by atoms with E-state index in [-0.39, 0.29) is 0 Å². The Bertz CT molecular complexity index is 440. The summed E-state index contributed by atoms with van der Waals surface area (Å²) >= 11 is 0. The number of rotatable bonds is 2. The van der Waals surface area contributed by atoms with Gasteiger partial charge in [-0.15, -0.1) is 0 Å². The number of methoxy groups -OCH3 is 1. The Balaban J connectivity index is 2.26. The highest BCUT2D eigenvalue weighted by molar-refractivity contribution is 8.82. The van der Waals surface area contributed by atoms with E-state index in [1.54, 1.807) is 7.11 Å². The van der Waals surface area contributed by atoms with Gasteiger partial charge in [-0.1, -0.05) is 39.3 Å². The molecule has 3 heteroatoms. The molecule has 0 aromatic heterocycles. The smallest absolute Gasteiger partial charge is 0.118 e. The molecule has 0 saturated heterocycles. The van der Waals surface area contributed by atoms with Gasteiger partial charge in [0, 0.05) is 9.81 Å². The standard InChI is InChI=1S/C13H14OS2/c1-9(2)12-8-13(16-15-12)10-4-6-11(14-3)7-5-10/h4-8H,1-3H3. The minimum absolute atomic E-state index is 0.905. The Kier molecular flexibility index (Phi) is 3.66. The molecule has 1 aliphatic rings. The van der Waals surface area contributed by atoms with Gasteiger partial charge in [-0.2, -0.15) is 0 Å². The van der Waals surface area contributed by atoms with E-state index in [1.165, 1.54) is 20.9 Å². The summed E-state index contributed by atoms with van der Waals surface area (Å²) in [4.78, 5) is 2.69. The van der Waals surface area contributed by atoms with Crippen LogP contribution in [0.15, 0.2) is 40.8 Å². The number of hydrogen-bond acceptors (Lipinski definition) is 3. The molecule has 1 heterocycles. The Morgan fingerprint density at radius 3 is 2.25 bits per heavy atom. The van der Waals surface area contributed by atoms with Crippen LogP contribution in [-0.4, -0.2) is 7.11 Å². The quantitative estimate of drug-likeness (QED) is 0.703. The van der Waals surface area contributed by atoms with Crippen molar-refractivity contribution in [2.75, 3.05) is 7.11 Å². The van der Waals surface area contributed by atoms with Crippen LogP contribution in [0.25, 0.3) is 4.91 Å². The Morgan fingerprint density at radius 1 is 1.06 bits per heavy atom. The van der Waals surface area contributed by atoms with Crippen LogP contribution in [0.1, 0.15) is 19.4 Å². The zero-order valence-corrected chi connectivity index (χ0v) is 11.2. The molecule has 1 aliphatic heterocycles. The van der Waals surface area contributed by atoms with Gasteiger partial charge >= 0.3 is 0 Å². The molecule has 0 radical (unpaired) electrons. The van der Waals surface area contributed by atoms with Crippen molar-refractivity contribution in [1.82, 2.24) is 0 Å². The van der Waals surface area contributed by atoms with E-state index < -0.39 is 0 Å². The molecule has 16 heavy (non-hydrogen) atoms. The summed E-state index contributed by atoms with van der Waals surface area (Å²) in [5.74, 6) is 0.905. The minimum atomic E-state index is 0.905. The van der Waals surface area contributed by atoms with Crippen LogP contribution in [0.2, 0.25) is 0 Å². The predicted octanol–water partition coefficient (Wildman–Crippen LogP) is 4.73. The molecule has 0 atom stereocenters. The number of hydrogen-bond donors (Lipinski definition) is 0. The highest BCUT2D eigenvalue weighted by atomic mass is 33.1. The second kappa shape index (κ2) is 5.02. The maximum absolute atomic E-state index is 5.15. The second-order valence-corrected chi connectivity index (χ2v) is 5.98. The van der Waals surface area contributed by atoms with E-state index in [9.17, 15) is 0 Å². The van der Waals surface area contributed by atoms with Gasteiger partial charge in [0.2, 0.25) is 0 Å². The van der Waals surface area contributed by atoms with Crippen LogP contribution < -0.4 is 4.74 Å². The molecule has 1 nitrogen and oxygen atoms in total. The van der Waals surface area contributed by atoms with Gasteiger partial charge in [0.25, 0.3) is 0 Å². The van der Waals surface area contributed by atoms with E-state index in [4.69, 9.17) is 4.74 Å². The summed E-state index contributed by atoms with van der Waals surface area (Å²) in [6, 6.07) is 8.21. The van der Waals surface area contributed by atoms with Crippen LogP contribution in [0, 0.1) is 0 Å². The third-order valence-corrected chi connectivity index (χ3v) is 5.00. The van der Waals surface area contributed by atoms with E-state index in [1.807, 2.05) is 33.7 Å². The average Bonchev–Trinajstić information content (AvgIpc) is 2.78. The van der Waals surface area contributed by atoms with Crippen molar-refractivity contribution in [3.05, 3.63) is 46.4 Å². The normalized spacial score (nSPS) is 14.9. The molecule has 0 N–H and O–H groups in total. The zero-order valence-electron chi connectivity index (χ0n) is 9.61. The Morgan fingerprint density at radius 2 is 1.75 bits per heavy atom. The lowest BCUT2D eigenvalue weighted by atomic mass is 10.2. The summed E-state index contributed by atoms with van der Waals surface area (Å²) in [7, 11) is 5.35. The van der Waals surface area contributed by atoms with Gasteiger partial charge < -0.3 is 4.74 Å². The summed E-state index contributed by atoms with van der Waals surface area (Å²) < 4.78 is 5.15. The van der Waals surface area contributed by atoms with Crippen molar-refractivity contribution in [1.29, 1.82) is 0 Å². The van der Waals surface area contributed by atoms with Gasteiger partial charge in [0.1, 0.15) is 5.75 Å². The largest absolute Gasteiger partial charge is 0.497 e. The first-order chi connectivity index (χ1) is 7.70. The van der Waals surface area contributed by atoms with E-state index in [0.717, 1.165) is 5.75 Å². The Labute approximate surface area is 104 Å². The molecule has 1 aromatic carbocycles. The molecule has 0 bridgehead atoms. The van der Waals surface area contributed by atoms with Gasteiger partial charge in [-0.05, 0) is 37.6 Å². The van der Waals surface area contributed by atoms with Crippen molar-refractivity contribution in [3.63, 3.8) is 0 Å². The number of ether oxygens (including phenoxy) is 1. The average molecular weight is 250 g/mol. The third-order valence-electron chi connectivity index (χ3n) is 2.35. The fraction of sp³-hybridized carbons (Fsp3) is 0.231. The summed E-state index contributed by atoms with van der Waals surface area (Å²) in [5.41, 5.74) is 2.63. The fourth-order valence-electron chi connectivity index (χ4n) is 1.37. The molecule has 1 aromatic rings. The Hall–Kier alpha value is -0.800. The number of allylic oxidation sites excluding steroid dienone is 2. The van der Waals surface area contributed by atoms with Crippen LogP contribution in [0.3, 0.4) is 0 Å². The van der Waals surface area contributed by atoms with Gasteiger partial charge in [0.05, 0.1) is 7.11 Å². The van der Waals surface area contributed by atoms with E-state index >= 15 is 0 Å². The second-order valence-electron chi connectivity index (χ2n) is 3.77. The first-order valence-electron chi connectivity index (χ1n) is 5.09. The molecular weight excluding hydrogens is 236 g/mol. The fourth-order valence-corrected chi connectivity index (χ4v) is 3.97. The van der Waals surface area contributed by atoms with E-state index in [2.05, 4.69) is 32.1 Å². The van der Waals surface area contributed by atoms with Crippen LogP contribution in [-0.2, 0) is 0 Å². The first-order valence-corrected chi connectivity index (χ1v) is 7.24. The van der Waals surface area contributed by atoms with E-state index in [0.29, 0.717) is 0 Å². The maximum Gasteiger partial charge on any atom is 0.118 e. The van der Waals surface area contributed by atoms with Crippen molar-refractivity contribution < 1.29 is 4.74 Å². The number of benzene rings is 1. The lowest BCUT2D eigenvalue weighted by molar-refractivity contribution is 0.415. The molecule has 2 rings (SSSR count). The zero-order chi connectivity index (χ0) is 11.5. The van der Waals surface area contributed by atoms with Crippen molar-refractivity contribution in [2.45, 2.75) is 13.8 Å². The molecule has 0 unspecified atom stereocenters. The topological polar surface area (TPSA) is 9.23 Å². The van der Waals surface area contributed by atoms with Crippen LogP contribution >= 0.6 is 21.6 Å². The van der Waals surface area contributed by atoms with Gasteiger partial charge in [-0.25, -0.2) is 0 Å². The lowest BCUT2D eigenvalue weighted by Gasteiger charge is -2.02. The monoisotopic (exact) mass is 250 g/mol. The SMILES string of the molecule is COc1ccc(C2=CC(=C(C)C)SS2)cc1. The summed E-state index contributed by atoms with van der Waals surface area (Å²) in [5, 5.41) is 0.